The molecule has 0 aromatic carbocycles. The van der Waals surface area contributed by atoms with Crippen molar-refractivity contribution in [3.8, 4) is 0 Å². The summed E-state index contributed by atoms with van der Waals surface area (Å²) in [5.41, 5.74) is 0.942. The van der Waals surface area contributed by atoms with E-state index in [1.165, 1.54) is 7.11 Å². The highest BCUT2D eigenvalue weighted by Gasteiger charge is 2.37. The van der Waals surface area contributed by atoms with Crippen LogP contribution in [0.15, 0.2) is 24.5 Å². The number of amides is 1. The van der Waals surface area contributed by atoms with Crippen LogP contribution in [0.2, 0.25) is 0 Å². The normalized spacial score (nSPS) is 25.3. The van der Waals surface area contributed by atoms with Crippen molar-refractivity contribution in [1.29, 1.82) is 0 Å². The third-order valence-electron chi connectivity index (χ3n) is 3.76. The van der Waals surface area contributed by atoms with E-state index in [1.54, 1.807) is 19.3 Å². The van der Waals surface area contributed by atoms with Crippen molar-refractivity contribution in [2.75, 3.05) is 7.11 Å². The Bertz CT molecular complexity index is 506. The predicted octanol–water partition coefficient (Wildman–Crippen LogP) is 2.31. The molecule has 2 heterocycles. The Morgan fingerprint density at radius 1 is 1.38 bits per heavy atom. The summed E-state index contributed by atoms with van der Waals surface area (Å²) < 4.78 is 9.82. The molecule has 0 unspecified atom stereocenters. The van der Waals surface area contributed by atoms with E-state index in [4.69, 9.17) is 4.74 Å². The van der Waals surface area contributed by atoms with Gasteiger partial charge in [-0.05, 0) is 18.6 Å². The molecular formula is C15H20N2O4. The van der Waals surface area contributed by atoms with Crippen molar-refractivity contribution in [2.45, 2.75) is 44.9 Å². The number of likely N-dealkylation sites (tertiary alicyclic amines) is 1. The van der Waals surface area contributed by atoms with Crippen LogP contribution < -0.4 is 0 Å². The number of methoxy groups -OCH3 is 1. The van der Waals surface area contributed by atoms with E-state index in [1.807, 2.05) is 24.0 Å². The zero-order valence-corrected chi connectivity index (χ0v) is 12.5. The number of carbonyl (C=O) groups is 2. The van der Waals surface area contributed by atoms with E-state index in [2.05, 4.69) is 9.72 Å². The molecule has 0 saturated carbocycles. The fourth-order valence-electron chi connectivity index (χ4n) is 2.94. The highest BCUT2D eigenvalue weighted by atomic mass is 16.7. The van der Waals surface area contributed by atoms with Gasteiger partial charge in [-0.3, -0.25) is 9.78 Å². The maximum atomic E-state index is 12.0. The van der Waals surface area contributed by atoms with Gasteiger partial charge in [0.2, 0.25) is 5.91 Å². The van der Waals surface area contributed by atoms with Crippen LogP contribution in [0.5, 0.6) is 0 Å². The summed E-state index contributed by atoms with van der Waals surface area (Å²) in [4.78, 5) is 29.2. The molecule has 1 amide bonds. The van der Waals surface area contributed by atoms with Crippen molar-refractivity contribution in [3.05, 3.63) is 30.1 Å². The molecule has 1 aromatic rings. The number of pyridine rings is 1. The lowest BCUT2D eigenvalue weighted by molar-refractivity contribution is -0.138. The molecule has 1 aliphatic heterocycles. The molecule has 0 spiro atoms. The number of aromatic nitrogens is 1. The summed E-state index contributed by atoms with van der Waals surface area (Å²) in [5, 5.41) is 0. The van der Waals surface area contributed by atoms with Crippen LogP contribution in [0.1, 0.15) is 38.3 Å². The zero-order valence-electron chi connectivity index (χ0n) is 12.5. The first-order chi connectivity index (χ1) is 10.0. The predicted molar refractivity (Wildman–Crippen MR) is 75.5 cm³/mol. The summed E-state index contributed by atoms with van der Waals surface area (Å²) in [7, 11) is 1.29. The highest BCUT2D eigenvalue weighted by Crippen LogP contribution is 2.35. The molecule has 1 aromatic heterocycles. The lowest BCUT2D eigenvalue weighted by Gasteiger charge is -2.43. The molecule has 114 valence electrons. The SMILES string of the molecule is COC(=O)O[C@H]1C[C@@H](C)N(C(C)=O)[C@@H](c2cccnc2)C1. The Balaban J connectivity index is 2.23. The van der Waals surface area contributed by atoms with Crippen LogP contribution in [-0.2, 0) is 14.3 Å². The van der Waals surface area contributed by atoms with Crippen LogP contribution in [-0.4, -0.2) is 41.2 Å². The summed E-state index contributed by atoms with van der Waals surface area (Å²) in [5.74, 6) is 0.00729. The summed E-state index contributed by atoms with van der Waals surface area (Å²) in [6.07, 6.45) is 3.63. The van der Waals surface area contributed by atoms with Gasteiger partial charge in [-0.1, -0.05) is 6.07 Å². The van der Waals surface area contributed by atoms with E-state index in [9.17, 15) is 9.59 Å². The molecule has 6 heteroatoms. The highest BCUT2D eigenvalue weighted by molar-refractivity contribution is 5.74. The molecule has 0 aliphatic carbocycles. The van der Waals surface area contributed by atoms with Gasteiger partial charge in [0, 0.05) is 38.2 Å². The fraction of sp³-hybridized carbons (Fsp3) is 0.533. The number of piperidine rings is 1. The van der Waals surface area contributed by atoms with E-state index in [-0.39, 0.29) is 24.1 Å². The van der Waals surface area contributed by atoms with E-state index in [0.29, 0.717) is 12.8 Å². The van der Waals surface area contributed by atoms with E-state index >= 15 is 0 Å². The second-order valence-electron chi connectivity index (χ2n) is 5.24. The first-order valence-corrected chi connectivity index (χ1v) is 6.96. The first kappa shape index (κ1) is 15.3. The molecule has 0 radical (unpaired) electrons. The first-order valence-electron chi connectivity index (χ1n) is 6.96. The molecule has 1 aliphatic rings. The average molecular weight is 292 g/mol. The third-order valence-corrected chi connectivity index (χ3v) is 3.76. The minimum atomic E-state index is -0.687. The Labute approximate surface area is 124 Å². The van der Waals surface area contributed by atoms with Crippen LogP contribution in [0.4, 0.5) is 4.79 Å². The van der Waals surface area contributed by atoms with Gasteiger partial charge in [-0.2, -0.15) is 0 Å². The molecule has 2 rings (SSSR count). The molecule has 0 N–H and O–H groups in total. The van der Waals surface area contributed by atoms with Crippen molar-refractivity contribution in [3.63, 3.8) is 0 Å². The van der Waals surface area contributed by atoms with Gasteiger partial charge in [0.05, 0.1) is 13.2 Å². The maximum absolute atomic E-state index is 12.0. The smallest absolute Gasteiger partial charge is 0.438 e. The monoisotopic (exact) mass is 292 g/mol. The molecule has 6 nitrogen and oxygen atoms in total. The van der Waals surface area contributed by atoms with Gasteiger partial charge in [0.1, 0.15) is 6.10 Å². The number of nitrogens with zero attached hydrogens (tertiary/aromatic N) is 2. The Kier molecular flexibility index (Phi) is 4.77. The van der Waals surface area contributed by atoms with Crippen LogP contribution in [0, 0.1) is 0 Å². The van der Waals surface area contributed by atoms with Gasteiger partial charge < -0.3 is 14.4 Å². The second-order valence-corrected chi connectivity index (χ2v) is 5.24. The number of hydrogen-bond donors (Lipinski definition) is 0. The van der Waals surface area contributed by atoms with Crippen LogP contribution in [0.3, 0.4) is 0 Å². The lowest BCUT2D eigenvalue weighted by atomic mass is 9.90. The Morgan fingerprint density at radius 3 is 2.71 bits per heavy atom. The number of carbonyl (C=O) groups excluding carboxylic acids is 2. The molecule has 1 fully saturated rings. The van der Waals surface area contributed by atoms with Crippen molar-refractivity contribution >= 4 is 12.1 Å². The molecule has 3 atom stereocenters. The van der Waals surface area contributed by atoms with Gasteiger partial charge >= 0.3 is 6.16 Å². The minimum absolute atomic E-state index is 0.00729. The zero-order chi connectivity index (χ0) is 15.4. The van der Waals surface area contributed by atoms with Gasteiger partial charge in [0.15, 0.2) is 0 Å². The van der Waals surface area contributed by atoms with Gasteiger partial charge in [-0.15, -0.1) is 0 Å². The lowest BCUT2D eigenvalue weighted by Crippen LogP contribution is -2.48. The summed E-state index contributed by atoms with van der Waals surface area (Å²) in [6.45, 7) is 3.51. The van der Waals surface area contributed by atoms with Crippen molar-refractivity contribution < 1.29 is 19.1 Å². The van der Waals surface area contributed by atoms with E-state index in [0.717, 1.165) is 5.56 Å². The molecule has 21 heavy (non-hydrogen) atoms. The largest absolute Gasteiger partial charge is 0.508 e. The third kappa shape index (κ3) is 3.51. The van der Waals surface area contributed by atoms with Gasteiger partial charge in [-0.25, -0.2) is 4.79 Å². The van der Waals surface area contributed by atoms with E-state index < -0.39 is 6.16 Å². The quantitative estimate of drug-likeness (QED) is 0.782. The molecule has 0 bridgehead atoms. The number of rotatable bonds is 2. The average Bonchev–Trinajstić information content (AvgIpc) is 2.47. The number of ether oxygens (including phenoxy) is 2. The van der Waals surface area contributed by atoms with Crippen LogP contribution in [0.25, 0.3) is 0 Å². The summed E-state index contributed by atoms with van der Waals surface area (Å²) in [6, 6.07) is 3.61. The topological polar surface area (TPSA) is 68.7 Å². The molecule has 1 saturated heterocycles. The summed E-state index contributed by atoms with van der Waals surface area (Å²) >= 11 is 0. The maximum Gasteiger partial charge on any atom is 0.508 e. The van der Waals surface area contributed by atoms with Crippen molar-refractivity contribution in [1.82, 2.24) is 9.88 Å². The Hall–Kier alpha value is -2.11. The molecular weight excluding hydrogens is 272 g/mol. The van der Waals surface area contributed by atoms with Gasteiger partial charge in [0.25, 0.3) is 0 Å². The minimum Gasteiger partial charge on any atom is -0.438 e. The second kappa shape index (κ2) is 6.56. The Morgan fingerprint density at radius 2 is 2.14 bits per heavy atom. The fourth-order valence-corrected chi connectivity index (χ4v) is 2.94. The van der Waals surface area contributed by atoms with Crippen molar-refractivity contribution in [2.24, 2.45) is 0 Å². The number of hydrogen-bond acceptors (Lipinski definition) is 5. The van der Waals surface area contributed by atoms with Crippen LogP contribution >= 0.6 is 0 Å². The standard InChI is InChI=1S/C15H20N2O4/c1-10-7-13(21-15(19)20-3)8-14(17(10)11(2)18)12-5-4-6-16-9-12/h4-6,9-10,13-14H,7-8H2,1-3H3/t10-,13+,14-/m1/s1.